The van der Waals surface area contributed by atoms with Crippen LogP contribution in [0.2, 0.25) is 0 Å². The molecule has 1 rings (SSSR count). The Labute approximate surface area is 119 Å². The number of hydrogen-bond acceptors (Lipinski definition) is 1. The zero-order valence-electron chi connectivity index (χ0n) is 12.6. The van der Waals surface area contributed by atoms with Crippen LogP contribution >= 0.6 is 0 Å². The topological polar surface area (TPSA) is 20.2 Å². The van der Waals surface area contributed by atoms with E-state index in [1.807, 2.05) is 6.07 Å². The Morgan fingerprint density at radius 2 is 1.53 bits per heavy atom. The molecule has 1 N–H and O–H groups in total. The van der Waals surface area contributed by atoms with Crippen LogP contribution in [0, 0.1) is 5.92 Å². The molecule has 0 saturated heterocycles. The van der Waals surface area contributed by atoms with E-state index in [2.05, 4.69) is 38.1 Å². The van der Waals surface area contributed by atoms with E-state index in [9.17, 15) is 5.11 Å². The first-order valence-electron chi connectivity index (χ1n) is 7.99. The third-order valence-corrected chi connectivity index (χ3v) is 3.94. The van der Waals surface area contributed by atoms with E-state index in [0.717, 1.165) is 6.42 Å². The molecule has 1 aromatic rings. The van der Waals surface area contributed by atoms with E-state index in [1.54, 1.807) is 0 Å². The van der Waals surface area contributed by atoms with Crippen LogP contribution in [0.3, 0.4) is 0 Å². The smallest absolute Gasteiger partial charge is 0.0608 e. The second-order valence-corrected chi connectivity index (χ2v) is 5.66. The van der Waals surface area contributed by atoms with Crippen LogP contribution in [0.1, 0.15) is 64.4 Å². The van der Waals surface area contributed by atoms with Crippen molar-refractivity contribution >= 4 is 0 Å². The number of rotatable bonds is 10. The maximum atomic E-state index is 10.5. The molecule has 0 spiro atoms. The van der Waals surface area contributed by atoms with E-state index in [0.29, 0.717) is 5.92 Å². The molecule has 0 heterocycles. The fraction of sp³-hybridized carbons (Fsp3) is 0.667. The lowest BCUT2D eigenvalue weighted by molar-refractivity contribution is 0.0943. The number of hydrogen-bond donors (Lipinski definition) is 1. The Hall–Kier alpha value is -0.820. The molecule has 0 aliphatic heterocycles. The molecule has 2 atom stereocenters. The van der Waals surface area contributed by atoms with Gasteiger partial charge in [0.1, 0.15) is 0 Å². The lowest BCUT2D eigenvalue weighted by atomic mass is 9.87. The standard InChI is InChI=1S/C18H30O/c1-3-5-8-14-17(13-6-4-2)18(19)15-16-11-9-7-10-12-16/h7,9-12,17-19H,3-6,8,13-15H2,1-2H3. The average Bonchev–Trinajstić information content (AvgIpc) is 2.43. The monoisotopic (exact) mass is 262 g/mol. The van der Waals surface area contributed by atoms with Crippen molar-refractivity contribution in [3.63, 3.8) is 0 Å². The van der Waals surface area contributed by atoms with Crippen molar-refractivity contribution in [2.45, 2.75) is 71.3 Å². The molecule has 19 heavy (non-hydrogen) atoms. The molecule has 1 nitrogen and oxygen atoms in total. The van der Waals surface area contributed by atoms with Crippen molar-refractivity contribution in [3.05, 3.63) is 35.9 Å². The zero-order valence-corrected chi connectivity index (χ0v) is 12.6. The van der Waals surface area contributed by atoms with E-state index >= 15 is 0 Å². The molecule has 1 heteroatoms. The largest absolute Gasteiger partial charge is 0.392 e. The van der Waals surface area contributed by atoms with Crippen molar-refractivity contribution in [2.24, 2.45) is 5.92 Å². The summed E-state index contributed by atoms with van der Waals surface area (Å²) in [6.07, 6.45) is 9.26. The third-order valence-electron chi connectivity index (χ3n) is 3.94. The molecule has 0 aromatic heterocycles. The fourth-order valence-corrected chi connectivity index (χ4v) is 2.67. The predicted molar refractivity (Wildman–Crippen MR) is 83.3 cm³/mol. The Kier molecular flexibility index (Phi) is 8.57. The van der Waals surface area contributed by atoms with Gasteiger partial charge in [-0.3, -0.25) is 0 Å². The van der Waals surface area contributed by atoms with Gasteiger partial charge in [0, 0.05) is 0 Å². The number of benzene rings is 1. The van der Waals surface area contributed by atoms with Crippen LogP contribution in [-0.4, -0.2) is 11.2 Å². The Morgan fingerprint density at radius 3 is 2.16 bits per heavy atom. The second kappa shape index (κ2) is 10.0. The summed E-state index contributed by atoms with van der Waals surface area (Å²) in [6, 6.07) is 10.4. The number of unbranched alkanes of at least 4 members (excludes halogenated alkanes) is 3. The molecular weight excluding hydrogens is 232 g/mol. The van der Waals surface area contributed by atoms with Crippen molar-refractivity contribution in [1.82, 2.24) is 0 Å². The number of aliphatic hydroxyl groups excluding tert-OH is 1. The fourth-order valence-electron chi connectivity index (χ4n) is 2.67. The van der Waals surface area contributed by atoms with Gasteiger partial charge in [-0.2, -0.15) is 0 Å². The molecule has 0 aliphatic rings. The average molecular weight is 262 g/mol. The summed E-state index contributed by atoms with van der Waals surface area (Å²) in [5.74, 6) is 0.478. The Morgan fingerprint density at radius 1 is 0.895 bits per heavy atom. The summed E-state index contributed by atoms with van der Waals surface area (Å²) in [6.45, 7) is 4.47. The van der Waals surface area contributed by atoms with E-state index in [1.165, 1.54) is 50.5 Å². The zero-order chi connectivity index (χ0) is 13.9. The van der Waals surface area contributed by atoms with Gasteiger partial charge in [-0.15, -0.1) is 0 Å². The first-order chi connectivity index (χ1) is 9.27. The first kappa shape index (κ1) is 16.2. The van der Waals surface area contributed by atoms with Crippen LogP contribution in [0.4, 0.5) is 0 Å². The minimum atomic E-state index is -0.175. The summed E-state index contributed by atoms with van der Waals surface area (Å²) in [7, 11) is 0. The minimum absolute atomic E-state index is 0.175. The SMILES string of the molecule is CCCCCC(CCCC)C(O)Cc1ccccc1. The van der Waals surface area contributed by atoms with Crippen molar-refractivity contribution in [2.75, 3.05) is 0 Å². The maximum Gasteiger partial charge on any atom is 0.0608 e. The van der Waals surface area contributed by atoms with Gasteiger partial charge in [0.25, 0.3) is 0 Å². The van der Waals surface area contributed by atoms with Gasteiger partial charge in [0.15, 0.2) is 0 Å². The molecule has 0 saturated carbocycles. The van der Waals surface area contributed by atoms with Gasteiger partial charge < -0.3 is 5.11 Å². The molecule has 0 bridgehead atoms. The van der Waals surface area contributed by atoms with E-state index < -0.39 is 0 Å². The van der Waals surface area contributed by atoms with E-state index in [4.69, 9.17) is 0 Å². The summed E-state index contributed by atoms with van der Waals surface area (Å²) in [5, 5.41) is 10.5. The third kappa shape index (κ3) is 6.77. The van der Waals surface area contributed by atoms with Gasteiger partial charge in [0.2, 0.25) is 0 Å². The van der Waals surface area contributed by atoms with Gasteiger partial charge >= 0.3 is 0 Å². The maximum absolute atomic E-state index is 10.5. The Balaban J connectivity index is 2.47. The summed E-state index contributed by atoms with van der Waals surface area (Å²) >= 11 is 0. The summed E-state index contributed by atoms with van der Waals surface area (Å²) in [5.41, 5.74) is 1.26. The highest BCUT2D eigenvalue weighted by Gasteiger charge is 2.18. The molecule has 0 aliphatic carbocycles. The highest BCUT2D eigenvalue weighted by molar-refractivity contribution is 5.15. The normalized spacial score (nSPS) is 14.3. The predicted octanol–water partition coefficient (Wildman–Crippen LogP) is 4.98. The van der Waals surface area contributed by atoms with Crippen LogP contribution < -0.4 is 0 Å². The Bertz CT molecular complexity index is 307. The van der Waals surface area contributed by atoms with Gasteiger partial charge in [-0.25, -0.2) is 0 Å². The molecule has 0 radical (unpaired) electrons. The highest BCUT2D eigenvalue weighted by Crippen LogP contribution is 2.23. The minimum Gasteiger partial charge on any atom is -0.392 e. The second-order valence-electron chi connectivity index (χ2n) is 5.66. The van der Waals surface area contributed by atoms with Crippen LogP contribution in [0.5, 0.6) is 0 Å². The number of aliphatic hydroxyl groups is 1. The lowest BCUT2D eigenvalue weighted by Gasteiger charge is -2.23. The first-order valence-corrected chi connectivity index (χ1v) is 7.99. The molecule has 108 valence electrons. The van der Waals surface area contributed by atoms with Gasteiger partial charge in [-0.1, -0.05) is 76.3 Å². The molecule has 0 amide bonds. The summed E-state index contributed by atoms with van der Waals surface area (Å²) < 4.78 is 0. The van der Waals surface area contributed by atoms with Crippen molar-refractivity contribution in [1.29, 1.82) is 0 Å². The van der Waals surface area contributed by atoms with Gasteiger partial charge in [0.05, 0.1) is 6.10 Å². The van der Waals surface area contributed by atoms with Crippen LogP contribution in [0.25, 0.3) is 0 Å². The lowest BCUT2D eigenvalue weighted by Crippen LogP contribution is -2.23. The van der Waals surface area contributed by atoms with Crippen LogP contribution in [-0.2, 0) is 6.42 Å². The van der Waals surface area contributed by atoms with Crippen molar-refractivity contribution < 1.29 is 5.11 Å². The summed E-state index contributed by atoms with van der Waals surface area (Å²) in [4.78, 5) is 0. The highest BCUT2D eigenvalue weighted by atomic mass is 16.3. The van der Waals surface area contributed by atoms with E-state index in [-0.39, 0.29) is 6.10 Å². The quantitative estimate of drug-likeness (QED) is 0.590. The van der Waals surface area contributed by atoms with Gasteiger partial charge in [-0.05, 0) is 30.7 Å². The molecule has 1 aromatic carbocycles. The van der Waals surface area contributed by atoms with Crippen LogP contribution in [0.15, 0.2) is 30.3 Å². The molecule has 2 unspecified atom stereocenters. The van der Waals surface area contributed by atoms with Crippen molar-refractivity contribution in [3.8, 4) is 0 Å². The molecular formula is C18H30O. The molecule has 0 fully saturated rings.